The number of benzene rings is 2. The van der Waals surface area contributed by atoms with E-state index in [1.807, 2.05) is 38.5 Å². The lowest BCUT2D eigenvalue weighted by atomic mass is 9.99. The van der Waals surface area contributed by atoms with Crippen molar-refractivity contribution in [1.29, 1.82) is 0 Å². The Bertz CT molecular complexity index is 1610. The lowest BCUT2D eigenvalue weighted by Crippen LogP contribution is -2.29. The Balaban J connectivity index is 1.49. The highest BCUT2D eigenvalue weighted by Gasteiger charge is 2.26. The van der Waals surface area contributed by atoms with Gasteiger partial charge in [0.05, 0.1) is 16.6 Å². The predicted octanol–water partition coefficient (Wildman–Crippen LogP) is 4.38. The fourth-order valence-electron chi connectivity index (χ4n) is 5.73. The van der Waals surface area contributed by atoms with E-state index < -0.39 is 10.0 Å². The van der Waals surface area contributed by atoms with E-state index in [2.05, 4.69) is 52.4 Å². The maximum atomic E-state index is 13.0. The van der Waals surface area contributed by atoms with Crippen LogP contribution in [0, 0.1) is 4.91 Å². The highest BCUT2D eigenvalue weighted by atomic mass is 32.2. The van der Waals surface area contributed by atoms with E-state index in [1.165, 1.54) is 10.2 Å². The molecule has 9 nitrogen and oxygen atoms in total. The largest absolute Gasteiger partial charge is 0.358 e. The zero-order valence-corrected chi connectivity index (χ0v) is 24.8. The summed E-state index contributed by atoms with van der Waals surface area (Å²) in [5.74, 6) is 0.0325. The van der Waals surface area contributed by atoms with Gasteiger partial charge in [-0.3, -0.25) is 0 Å². The molecule has 214 valence electrons. The van der Waals surface area contributed by atoms with Crippen LogP contribution in [0.25, 0.3) is 21.8 Å². The molecule has 2 aromatic heterocycles. The monoisotopic (exact) mass is 564 g/mol. The second-order valence-corrected chi connectivity index (χ2v) is 13.5. The Morgan fingerprint density at radius 1 is 0.900 bits per heavy atom. The van der Waals surface area contributed by atoms with Gasteiger partial charge in [-0.05, 0) is 100 Å². The summed E-state index contributed by atoms with van der Waals surface area (Å²) < 4.78 is 29.1. The van der Waals surface area contributed by atoms with E-state index in [-0.39, 0.29) is 5.75 Å². The van der Waals surface area contributed by atoms with Gasteiger partial charge >= 0.3 is 0 Å². The molecule has 0 radical (unpaired) electrons. The second-order valence-electron chi connectivity index (χ2n) is 11.5. The minimum atomic E-state index is -3.32. The number of hydrogen-bond acceptors (Lipinski definition) is 6. The molecule has 0 amide bonds. The first-order chi connectivity index (χ1) is 19.1. The van der Waals surface area contributed by atoms with Gasteiger partial charge in [0.25, 0.3) is 0 Å². The molecule has 0 aliphatic carbocycles. The molecule has 0 spiro atoms. The fourth-order valence-corrected chi connectivity index (χ4v) is 7.33. The third-order valence-electron chi connectivity index (χ3n) is 7.90. The van der Waals surface area contributed by atoms with Crippen LogP contribution < -0.4 is 0 Å². The zero-order chi connectivity index (χ0) is 28.4. The van der Waals surface area contributed by atoms with Crippen molar-refractivity contribution in [3.8, 4) is 0 Å². The van der Waals surface area contributed by atoms with Gasteiger partial charge in [-0.2, -0.15) is 0 Å². The topological polar surface area (TPSA) is 94.0 Å². The molecular formula is C30H40N6O3S. The molecule has 0 atom stereocenters. The molecule has 4 aromatic rings. The number of nitrogens with one attached hydrogen (secondary N) is 1. The molecule has 1 aliphatic rings. The minimum absolute atomic E-state index is 0.0325. The number of hydrogen-bond donors (Lipinski definition) is 1. The van der Waals surface area contributed by atoms with E-state index in [0.29, 0.717) is 19.5 Å². The van der Waals surface area contributed by atoms with Crippen molar-refractivity contribution in [1.82, 2.24) is 23.8 Å². The van der Waals surface area contributed by atoms with Crippen LogP contribution in [0.15, 0.2) is 47.9 Å². The van der Waals surface area contributed by atoms with Gasteiger partial charge in [-0.1, -0.05) is 12.1 Å². The lowest BCUT2D eigenvalue weighted by molar-refractivity contribution is 0.414. The average Bonchev–Trinajstić information content (AvgIpc) is 3.64. The highest BCUT2D eigenvalue weighted by molar-refractivity contribution is 7.88. The molecule has 10 heteroatoms. The average molecular weight is 565 g/mol. The first kappa shape index (κ1) is 28.5. The quantitative estimate of drug-likeness (QED) is 0.258. The first-order valence-electron chi connectivity index (χ1n) is 14.0. The summed E-state index contributed by atoms with van der Waals surface area (Å²) in [4.78, 5) is 19.4. The van der Waals surface area contributed by atoms with Crippen molar-refractivity contribution in [2.24, 2.45) is 5.29 Å². The molecule has 0 bridgehead atoms. The zero-order valence-electron chi connectivity index (χ0n) is 24.0. The smallest absolute Gasteiger partial charge is 0.218 e. The summed E-state index contributed by atoms with van der Waals surface area (Å²) in [5.41, 5.74) is 7.29. The van der Waals surface area contributed by atoms with Crippen LogP contribution in [0.4, 0.5) is 0 Å². The molecule has 1 saturated heterocycles. The van der Waals surface area contributed by atoms with Crippen molar-refractivity contribution < 1.29 is 8.42 Å². The summed E-state index contributed by atoms with van der Waals surface area (Å²) in [7, 11) is 4.90. The maximum absolute atomic E-state index is 13.0. The van der Waals surface area contributed by atoms with Crippen molar-refractivity contribution in [3.63, 3.8) is 0 Å². The molecular weight excluding hydrogens is 524 g/mol. The normalized spacial score (nSPS) is 14.8. The molecule has 0 saturated carbocycles. The van der Waals surface area contributed by atoms with Gasteiger partial charge in [0, 0.05) is 60.8 Å². The van der Waals surface area contributed by atoms with Gasteiger partial charge < -0.3 is 14.8 Å². The lowest BCUT2D eigenvalue weighted by Gasteiger charge is -2.15. The summed E-state index contributed by atoms with van der Waals surface area (Å²) in [6.07, 6.45) is 6.11. The Hall–Kier alpha value is -3.05. The first-order valence-corrected chi connectivity index (χ1v) is 15.6. The van der Waals surface area contributed by atoms with E-state index in [9.17, 15) is 13.3 Å². The Labute approximate surface area is 236 Å². The number of rotatable bonds is 12. The molecule has 40 heavy (non-hydrogen) atoms. The van der Waals surface area contributed by atoms with Crippen LogP contribution in [0.1, 0.15) is 40.8 Å². The number of nitroso groups, excluding NO2 is 1. The van der Waals surface area contributed by atoms with Crippen LogP contribution in [0.2, 0.25) is 0 Å². The van der Waals surface area contributed by atoms with Crippen molar-refractivity contribution >= 4 is 31.8 Å². The minimum Gasteiger partial charge on any atom is -0.358 e. The maximum Gasteiger partial charge on any atom is 0.218 e. The number of aromatic nitrogens is 2. The van der Waals surface area contributed by atoms with Crippen LogP contribution in [0.5, 0.6) is 0 Å². The molecule has 0 unspecified atom stereocenters. The number of nitrogens with zero attached hydrogens (tertiary/aromatic N) is 5. The van der Waals surface area contributed by atoms with Crippen molar-refractivity contribution in [2.75, 3.05) is 54.4 Å². The summed E-state index contributed by atoms with van der Waals surface area (Å²) in [5, 5.41) is 5.35. The third-order valence-corrected chi connectivity index (χ3v) is 9.75. The number of fused-ring (bicyclic) bond motifs is 2. The summed E-state index contributed by atoms with van der Waals surface area (Å²) in [6.45, 7) is 3.02. The Morgan fingerprint density at radius 2 is 1.57 bits per heavy atom. The molecule has 1 fully saturated rings. The molecule has 3 heterocycles. The molecule has 2 aromatic carbocycles. The number of sulfonamides is 1. The third kappa shape index (κ3) is 6.15. The molecule has 5 rings (SSSR count). The van der Waals surface area contributed by atoms with Gasteiger partial charge in [0.2, 0.25) is 10.0 Å². The summed E-state index contributed by atoms with van der Waals surface area (Å²) >= 11 is 0. The SMILES string of the molecule is CN(C)CCc1c(Cc2ccc3c(c2)c(CCN(C)C)cn3N=O)[nH]c2ccc(CS(=O)(=O)N3CCCC3)cc12. The van der Waals surface area contributed by atoms with Crippen LogP contribution in [-0.2, 0) is 35.0 Å². The van der Waals surface area contributed by atoms with E-state index in [0.717, 1.165) is 83.0 Å². The van der Waals surface area contributed by atoms with Gasteiger partial charge in [0.15, 0.2) is 0 Å². The van der Waals surface area contributed by atoms with Crippen LogP contribution in [0.3, 0.4) is 0 Å². The van der Waals surface area contributed by atoms with Crippen LogP contribution in [-0.4, -0.2) is 86.6 Å². The standard InChI is InChI=1S/C30H40N6O3S/c1-33(2)15-11-24-20-36(32-37)30-10-8-22(17-26(24)30)19-29-25(12-16-34(3)4)27-18-23(7-9-28(27)31-29)21-40(38,39)35-13-5-6-14-35/h7-10,17-18,20,31H,5-6,11-16,19,21H2,1-4H3. The van der Waals surface area contributed by atoms with Crippen molar-refractivity contribution in [2.45, 2.75) is 37.9 Å². The summed E-state index contributed by atoms with van der Waals surface area (Å²) in [6, 6.07) is 12.2. The number of likely N-dealkylation sites (N-methyl/N-ethyl adjacent to an activating group) is 2. The highest BCUT2D eigenvalue weighted by Crippen LogP contribution is 2.30. The van der Waals surface area contributed by atoms with Gasteiger partial charge in [-0.25, -0.2) is 17.4 Å². The number of aromatic amines is 1. The predicted molar refractivity (Wildman–Crippen MR) is 162 cm³/mol. The second kappa shape index (κ2) is 11.8. The fraction of sp³-hybridized carbons (Fsp3) is 0.467. The Morgan fingerprint density at radius 3 is 2.27 bits per heavy atom. The van der Waals surface area contributed by atoms with E-state index >= 15 is 0 Å². The van der Waals surface area contributed by atoms with Crippen molar-refractivity contribution in [3.05, 3.63) is 75.4 Å². The van der Waals surface area contributed by atoms with E-state index in [1.54, 1.807) is 4.31 Å². The van der Waals surface area contributed by atoms with Crippen LogP contribution >= 0.6 is 0 Å². The van der Waals surface area contributed by atoms with E-state index in [4.69, 9.17) is 0 Å². The Kier molecular flexibility index (Phi) is 8.42. The molecule has 1 aliphatic heterocycles. The number of H-pyrrole nitrogens is 1. The van der Waals surface area contributed by atoms with Gasteiger partial charge in [0.1, 0.15) is 0 Å². The van der Waals surface area contributed by atoms with Gasteiger partial charge in [-0.15, -0.1) is 4.91 Å². The molecule has 1 N–H and O–H groups in total.